The number of urea groups is 1. The largest absolute Gasteiger partial charge is 0.481 e. The maximum atomic E-state index is 12.2. The van der Waals surface area contributed by atoms with Crippen molar-refractivity contribution in [1.82, 2.24) is 10.2 Å². The number of likely N-dealkylation sites (tertiary alicyclic amines) is 1. The molecule has 2 rings (SSSR count). The average molecular weight is 276 g/mol. The molecule has 0 saturated carbocycles. The predicted octanol–water partition coefficient (Wildman–Crippen LogP) is 2.25. The Morgan fingerprint density at radius 1 is 1.35 bits per heavy atom. The summed E-state index contributed by atoms with van der Waals surface area (Å²) in [5.74, 6) is -1.26. The van der Waals surface area contributed by atoms with Gasteiger partial charge in [0.2, 0.25) is 0 Å². The summed E-state index contributed by atoms with van der Waals surface area (Å²) < 4.78 is 0. The first-order valence-electron chi connectivity index (χ1n) is 6.91. The summed E-state index contributed by atoms with van der Waals surface area (Å²) in [6.45, 7) is 2.84. The molecule has 1 aromatic rings. The van der Waals surface area contributed by atoms with Gasteiger partial charge >= 0.3 is 12.0 Å². The molecule has 2 N–H and O–H groups in total. The number of hydrogen-bond donors (Lipinski definition) is 2. The van der Waals surface area contributed by atoms with Crippen molar-refractivity contribution in [2.75, 3.05) is 13.1 Å². The van der Waals surface area contributed by atoms with Crippen molar-refractivity contribution < 1.29 is 14.7 Å². The molecule has 0 spiro atoms. The van der Waals surface area contributed by atoms with Crippen LogP contribution in [0.3, 0.4) is 0 Å². The molecule has 2 atom stereocenters. The topological polar surface area (TPSA) is 69.6 Å². The van der Waals surface area contributed by atoms with Crippen LogP contribution < -0.4 is 5.32 Å². The molecular weight excluding hydrogens is 256 g/mol. The predicted molar refractivity (Wildman–Crippen MR) is 75.3 cm³/mol. The van der Waals surface area contributed by atoms with Gasteiger partial charge in [-0.2, -0.15) is 0 Å². The minimum Gasteiger partial charge on any atom is -0.481 e. The maximum Gasteiger partial charge on any atom is 0.317 e. The van der Waals surface area contributed by atoms with Gasteiger partial charge in [0.05, 0.1) is 12.0 Å². The summed E-state index contributed by atoms with van der Waals surface area (Å²) in [6, 6.07) is 9.43. The Bertz CT molecular complexity index is 475. The second kappa shape index (κ2) is 6.41. The third kappa shape index (κ3) is 3.50. The number of aliphatic carboxylic acids is 1. The lowest BCUT2D eigenvalue weighted by Crippen LogP contribution is -2.47. The highest BCUT2D eigenvalue weighted by Gasteiger charge is 2.28. The third-order valence-electron chi connectivity index (χ3n) is 3.70. The van der Waals surface area contributed by atoms with E-state index >= 15 is 0 Å². The summed E-state index contributed by atoms with van der Waals surface area (Å²) in [7, 11) is 0. The lowest BCUT2D eigenvalue weighted by Gasteiger charge is -2.31. The molecule has 0 radical (unpaired) electrons. The molecule has 5 nitrogen and oxygen atoms in total. The molecule has 1 aromatic carbocycles. The number of rotatable bonds is 3. The molecule has 20 heavy (non-hydrogen) atoms. The van der Waals surface area contributed by atoms with Gasteiger partial charge in [0.15, 0.2) is 0 Å². The molecule has 1 saturated heterocycles. The Morgan fingerprint density at radius 3 is 2.70 bits per heavy atom. The molecule has 0 bridgehead atoms. The normalized spacial score (nSPS) is 20.2. The number of carbonyl (C=O) groups excluding carboxylic acids is 1. The summed E-state index contributed by atoms with van der Waals surface area (Å²) in [6.07, 6.45) is 1.39. The number of carbonyl (C=O) groups is 2. The van der Waals surface area contributed by atoms with Gasteiger partial charge in [-0.1, -0.05) is 30.3 Å². The van der Waals surface area contributed by atoms with Crippen molar-refractivity contribution >= 4 is 12.0 Å². The van der Waals surface area contributed by atoms with E-state index in [0.29, 0.717) is 19.5 Å². The van der Waals surface area contributed by atoms with Crippen LogP contribution in [0.2, 0.25) is 0 Å². The Hall–Kier alpha value is -2.04. The molecular formula is C15H20N2O3. The number of amides is 2. The van der Waals surface area contributed by atoms with Crippen molar-refractivity contribution in [1.29, 1.82) is 0 Å². The molecule has 1 heterocycles. The molecule has 2 amide bonds. The van der Waals surface area contributed by atoms with Crippen LogP contribution in [0.4, 0.5) is 4.79 Å². The van der Waals surface area contributed by atoms with Gasteiger partial charge < -0.3 is 15.3 Å². The van der Waals surface area contributed by atoms with Crippen molar-refractivity contribution in [3.05, 3.63) is 35.9 Å². The molecule has 1 aliphatic rings. The summed E-state index contributed by atoms with van der Waals surface area (Å²) in [4.78, 5) is 24.8. The van der Waals surface area contributed by atoms with Crippen molar-refractivity contribution in [3.63, 3.8) is 0 Å². The van der Waals surface area contributed by atoms with E-state index in [1.807, 2.05) is 37.3 Å². The molecule has 0 aromatic heterocycles. The fraction of sp³-hybridized carbons (Fsp3) is 0.467. The second-order valence-corrected chi connectivity index (χ2v) is 5.21. The Labute approximate surface area is 118 Å². The number of nitrogens with one attached hydrogen (secondary N) is 1. The van der Waals surface area contributed by atoms with Gasteiger partial charge in [-0.3, -0.25) is 4.79 Å². The zero-order valence-electron chi connectivity index (χ0n) is 11.6. The van der Waals surface area contributed by atoms with E-state index in [2.05, 4.69) is 5.32 Å². The smallest absolute Gasteiger partial charge is 0.317 e. The van der Waals surface area contributed by atoms with Crippen molar-refractivity contribution in [2.45, 2.75) is 25.8 Å². The quantitative estimate of drug-likeness (QED) is 0.889. The number of hydrogen-bond acceptors (Lipinski definition) is 2. The van der Waals surface area contributed by atoms with Crippen LogP contribution in [-0.2, 0) is 4.79 Å². The number of benzene rings is 1. The zero-order valence-corrected chi connectivity index (χ0v) is 11.6. The Balaban J connectivity index is 1.93. The summed E-state index contributed by atoms with van der Waals surface area (Å²) >= 11 is 0. The molecule has 1 fully saturated rings. The molecule has 0 aliphatic carbocycles. The standard InChI is InChI=1S/C15H20N2O3/c1-11(12-6-3-2-4-7-12)16-15(20)17-9-5-8-13(10-17)14(18)19/h2-4,6-7,11,13H,5,8-10H2,1H3,(H,16,20)(H,18,19)/t11?,13-/m0/s1. The van der Waals surface area contributed by atoms with Crippen LogP contribution in [0.15, 0.2) is 30.3 Å². The monoisotopic (exact) mass is 276 g/mol. The first-order valence-corrected chi connectivity index (χ1v) is 6.91. The zero-order chi connectivity index (χ0) is 14.5. The van der Waals surface area contributed by atoms with E-state index in [9.17, 15) is 9.59 Å². The van der Waals surface area contributed by atoms with E-state index in [0.717, 1.165) is 12.0 Å². The fourth-order valence-corrected chi connectivity index (χ4v) is 2.46. The maximum absolute atomic E-state index is 12.2. The molecule has 108 valence electrons. The van der Waals surface area contributed by atoms with Gasteiger partial charge in [0.1, 0.15) is 0 Å². The Morgan fingerprint density at radius 2 is 2.05 bits per heavy atom. The number of piperidine rings is 1. The first kappa shape index (κ1) is 14.4. The SMILES string of the molecule is CC(NC(=O)N1CCC[C@H](C(=O)O)C1)c1ccccc1. The lowest BCUT2D eigenvalue weighted by molar-refractivity contribution is -0.143. The van der Waals surface area contributed by atoms with Gasteiger partial charge in [0, 0.05) is 13.1 Å². The number of carboxylic acids is 1. The van der Waals surface area contributed by atoms with E-state index in [1.54, 1.807) is 4.90 Å². The van der Waals surface area contributed by atoms with Gasteiger partial charge in [-0.05, 0) is 25.3 Å². The van der Waals surface area contributed by atoms with Gasteiger partial charge in [-0.15, -0.1) is 0 Å². The second-order valence-electron chi connectivity index (χ2n) is 5.21. The Kier molecular flexibility index (Phi) is 4.61. The number of carboxylic acid groups (broad SMARTS) is 1. The molecule has 5 heteroatoms. The van der Waals surface area contributed by atoms with E-state index in [1.165, 1.54) is 0 Å². The minimum absolute atomic E-state index is 0.0890. The first-order chi connectivity index (χ1) is 9.58. The highest BCUT2D eigenvalue weighted by molar-refractivity contribution is 5.76. The van der Waals surface area contributed by atoms with Crippen LogP contribution >= 0.6 is 0 Å². The van der Waals surface area contributed by atoms with Crippen LogP contribution in [0.1, 0.15) is 31.4 Å². The van der Waals surface area contributed by atoms with Crippen molar-refractivity contribution in [3.8, 4) is 0 Å². The van der Waals surface area contributed by atoms with E-state index in [-0.39, 0.29) is 12.1 Å². The summed E-state index contributed by atoms with van der Waals surface area (Å²) in [5, 5.41) is 12.0. The lowest BCUT2D eigenvalue weighted by atomic mass is 9.98. The van der Waals surface area contributed by atoms with Crippen molar-refractivity contribution in [2.24, 2.45) is 5.92 Å². The minimum atomic E-state index is -0.821. The fourth-order valence-electron chi connectivity index (χ4n) is 2.46. The molecule has 1 aliphatic heterocycles. The number of nitrogens with zero attached hydrogens (tertiary/aromatic N) is 1. The van der Waals surface area contributed by atoms with Crippen LogP contribution in [0.5, 0.6) is 0 Å². The van der Waals surface area contributed by atoms with E-state index in [4.69, 9.17) is 5.11 Å². The van der Waals surface area contributed by atoms with Gasteiger partial charge in [0.25, 0.3) is 0 Å². The molecule has 1 unspecified atom stereocenters. The highest BCUT2D eigenvalue weighted by atomic mass is 16.4. The van der Waals surface area contributed by atoms with Crippen LogP contribution in [-0.4, -0.2) is 35.1 Å². The van der Waals surface area contributed by atoms with Crippen LogP contribution in [0, 0.1) is 5.92 Å². The average Bonchev–Trinajstić information content (AvgIpc) is 2.48. The highest BCUT2D eigenvalue weighted by Crippen LogP contribution is 2.18. The summed E-state index contributed by atoms with van der Waals surface area (Å²) in [5.41, 5.74) is 1.03. The van der Waals surface area contributed by atoms with Gasteiger partial charge in [-0.25, -0.2) is 4.79 Å². The third-order valence-corrected chi connectivity index (χ3v) is 3.70. The van der Waals surface area contributed by atoms with Crippen LogP contribution in [0.25, 0.3) is 0 Å². The van der Waals surface area contributed by atoms with E-state index < -0.39 is 11.9 Å².